The highest BCUT2D eigenvalue weighted by atomic mass is 31.1. The van der Waals surface area contributed by atoms with Gasteiger partial charge in [-0.3, -0.25) is 4.79 Å². The van der Waals surface area contributed by atoms with E-state index in [1.54, 1.807) is 0 Å². The molecule has 0 saturated carbocycles. The summed E-state index contributed by atoms with van der Waals surface area (Å²) in [4.78, 5) is 23.1. The fourth-order valence-corrected chi connectivity index (χ4v) is 3.80. The van der Waals surface area contributed by atoms with Gasteiger partial charge in [-0.2, -0.15) is 0 Å². The van der Waals surface area contributed by atoms with Crippen molar-refractivity contribution in [1.82, 2.24) is 0 Å². The zero-order valence-electron chi connectivity index (χ0n) is 14.8. The Hall–Kier alpha value is -2.07. The van der Waals surface area contributed by atoms with E-state index in [1.165, 1.54) is 7.11 Å². The van der Waals surface area contributed by atoms with Crippen LogP contribution in [0.2, 0.25) is 0 Å². The first-order valence-corrected chi connectivity index (χ1v) is 9.53. The van der Waals surface area contributed by atoms with Crippen molar-refractivity contribution >= 4 is 20.5 Å². The summed E-state index contributed by atoms with van der Waals surface area (Å²) < 4.78 is 10.5. The molecule has 0 radical (unpaired) electrons. The van der Waals surface area contributed by atoms with E-state index in [-0.39, 0.29) is 17.9 Å². The van der Waals surface area contributed by atoms with Crippen LogP contribution in [-0.4, -0.2) is 41.6 Å². The standard InChI is InChI=1S/C18H23O6P/c1-9(7-13(25-4)17(20)21)5-6-11-15(19)14-12(8-24-18(14)22)10(2)16(11)23-3/h5,13,19,25H,6-8H2,1-4H3,(H,20,21)/b9-5+. The Morgan fingerprint density at radius 3 is 2.72 bits per heavy atom. The number of hydrogen-bond donors (Lipinski definition) is 2. The van der Waals surface area contributed by atoms with E-state index in [1.807, 2.05) is 26.6 Å². The molecule has 1 aliphatic rings. The molecule has 2 atom stereocenters. The minimum atomic E-state index is -0.801. The van der Waals surface area contributed by atoms with Gasteiger partial charge >= 0.3 is 11.9 Å². The summed E-state index contributed by atoms with van der Waals surface area (Å²) in [6.07, 6.45) is 2.68. The first-order valence-electron chi connectivity index (χ1n) is 7.95. The minimum absolute atomic E-state index is 0.115. The van der Waals surface area contributed by atoms with Crippen molar-refractivity contribution in [2.75, 3.05) is 13.8 Å². The van der Waals surface area contributed by atoms with Crippen LogP contribution in [0.15, 0.2) is 11.6 Å². The fraction of sp³-hybridized carbons (Fsp3) is 0.444. The number of carbonyl (C=O) groups is 2. The summed E-state index contributed by atoms with van der Waals surface area (Å²) in [6.45, 7) is 5.71. The molecule has 0 aliphatic carbocycles. The van der Waals surface area contributed by atoms with E-state index in [4.69, 9.17) is 9.47 Å². The fourth-order valence-electron chi connectivity index (χ4n) is 3.02. The van der Waals surface area contributed by atoms with E-state index < -0.39 is 17.6 Å². The number of hydrogen-bond acceptors (Lipinski definition) is 5. The molecule has 7 heteroatoms. The third kappa shape index (κ3) is 3.79. The number of methoxy groups -OCH3 is 1. The number of cyclic esters (lactones) is 1. The zero-order valence-corrected chi connectivity index (χ0v) is 15.8. The van der Waals surface area contributed by atoms with E-state index >= 15 is 0 Å². The first-order chi connectivity index (χ1) is 11.8. The van der Waals surface area contributed by atoms with Gasteiger partial charge in [-0.15, -0.1) is 8.58 Å². The minimum Gasteiger partial charge on any atom is -0.507 e. The SMILES string of the molecule is COc1c(C)c2c(c(O)c1C/C=C(\C)CC(PC)C(=O)O)C(=O)OC2. The number of fused-ring (bicyclic) bond motifs is 1. The maximum Gasteiger partial charge on any atom is 0.342 e. The summed E-state index contributed by atoms with van der Waals surface area (Å²) in [5, 5.41) is 19.7. The Balaban J connectivity index is 2.35. The number of allylic oxidation sites excluding steroid dienone is 2. The van der Waals surface area contributed by atoms with Gasteiger partial charge in [0.25, 0.3) is 0 Å². The van der Waals surface area contributed by atoms with Crippen LogP contribution >= 0.6 is 8.58 Å². The molecular weight excluding hydrogens is 343 g/mol. The molecule has 0 spiro atoms. The molecule has 2 rings (SSSR count). The van der Waals surface area contributed by atoms with Crippen LogP contribution in [0, 0.1) is 6.92 Å². The van der Waals surface area contributed by atoms with Gasteiger partial charge in [0, 0.05) is 11.1 Å². The molecule has 0 amide bonds. The van der Waals surface area contributed by atoms with Crippen LogP contribution in [0.1, 0.15) is 40.4 Å². The number of benzene rings is 1. The monoisotopic (exact) mass is 366 g/mol. The summed E-state index contributed by atoms with van der Waals surface area (Å²) in [7, 11) is 1.83. The molecule has 0 fully saturated rings. The van der Waals surface area contributed by atoms with Gasteiger partial charge in [0.15, 0.2) is 0 Å². The van der Waals surface area contributed by atoms with Crippen molar-refractivity contribution in [1.29, 1.82) is 0 Å². The lowest BCUT2D eigenvalue weighted by Gasteiger charge is -2.16. The molecule has 1 aromatic rings. The zero-order chi connectivity index (χ0) is 18.7. The third-order valence-corrected chi connectivity index (χ3v) is 5.62. The molecule has 0 aromatic heterocycles. The molecule has 0 bridgehead atoms. The lowest BCUT2D eigenvalue weighted by molar-refractivity contribution is -0.136. The second kappa shape index (κ2) is 7.87. The van der Waals surface area contributed by atoms with Gasteiger partial charge in [-0.1, -0.05) is 11.6 Å². The number of carboxylic acids is 1. The highest BCUT2D eigenvalue weighted by Crippen LogP contribution is 2.42. The van der Waals surface area contributed by atoms with Gasteiger partial charge in [-0.25, -0.2) is 4.79 Å². The normalized spacial score (nSPS) is 15.4. The lowest BCUT2D eigenvalue weighted by atomic mass is 9.94. The molecule has 1 aromatic carbocycles. The molecule has 2 N–H and O–H groups in total. The number of esters is 1. The highest BCUT2D eigenvalue weighted by molar-refractivity contribution is 7.39. The van der Waals surface area contributed by atoms with Gasteiger partial charge in [0.05, 0.1) is 12.8 Å². The topological polar surface area (TPSA) is 93.1 Å². The Bertz CT molecular complexity index is 738. The molecule has 25 heavy (non-hydrogen) atoms. The predicted octanol–water partition coefficient (Wildman–Crippen LogP) is 3.02. The van der Waals surface area contributed by atoms with Gasteiger partial charge in [0.2, 0.25) is 0 Å². The predicted molar refractivity (Wildman–Crippen MR) is 96.3 cm³/mol. The average molecular weight is 366 g/mol. The maximum absolute atomic E-state index is 11.9. The van der Waals surface area contributed by atoms with E-state index in [2.05, 4.69) is 0 Å². The first kappa shape index (κ1) is 19.3. The average Bonchev–Trinajstić information content (AvgIpc) is 2.96. The molecular formula is C18H23O6P. The third-order valence-electron chi connectivity index (χ3n) is 4.47. The molecule has 2 unspecified atom stereocenters. The number of rotatable bonds is 7. The van der Waals surface area contributed by atoms with Gasteiger partial charge in [-0.05, 0) is 38.9 Å². The molecule has 6 nitrogen and oxygen atoms in total. The van der Waals surface area contributed by atoms with Gasteiger partial charge in [0.1, 0.15) is 23.7 Å². The van der Waals surface area contributed by atoms with Crippen LogP contribution in [0.5, 0.6) is 11.5 Å². The molecule has 1 aliphatic heterocycles. The molecule has 1 heterocycles. The number of phenols is 1. The number of carbonyl (C=O) groups excluding carboxylic acids is 1. The Kier molecular flexibility index (Phi) is 6.07. The number of carboxylic acid groups (broad SMARTS) is 1. The quantitative estimate of drug-likeness (QED) is 0.438. The summed E-state index contributed by atoms with van der Waals surface area (Å²) in [5.74, 6) is -0.912. The number of aromatic hydroxyl groups is 1. The van der Waals surface area contributed by atoms with Crippen LogP contribution in [0.4, 0.5) is 0 Å². The van der Waals surface area contributed by atoms with Crippen LogP contribution in [0.25, 0.3) is 0 Å². The summed E-state index contributed by atoms with van der Waals surface area (Å²) in [5.41, 5.74) is 2.68. The lowest BCUT2D eigenvalue weighted by Crippen LogP contribution is -2.14. The van der Waals surface area contributed by atoms with E-state index in [0.717, 1.165) is 11.1 Å². The maximum atomic E-state index is 11.9. The van der Waals surface area contributed by atoms with Crippen molar-refractivity contribution in [3.63, 3.8) is 0 Å². The van der Waals surface area contributed by atoms with Crippen molar-refractivity contribution < 1.29 is 29.3 Å². The summed E-state index contributed by atoms with van der Waals surface area (Å²) >= 11 is 0. The Morgan fingerprint density at radius 2 is 2.16 bits per heavy atom. The van der Waals surface area contributed by atoms with Crippen molar-refractivity contribution in [3.05, 3.63) is 33.9 Å². The molecule has 136 valence electrons. The molecule has 0 saturated heterocycles. The van der Waals surface area contributed by atoms with Crippen LogP contribution < -0.4 is 4.74 Å². The summed E-state index contributed by atoms with van der Waals surface area (Å²) in [6, 6.07) is 0. The largest absolute Gasteiger partial charge is 0.507 e. The smallest absolute Gasteiger partial charge is 0.342 e. The number of aliphatic carboxylic acids is 1. The van der Waals surface area contributed by atoms with E-state index in [0.29, 0.717) is 38.3 Å². The second-order valence-electron chi connectivity index (χ2n) is 6.05. The van der Waals surface area contributed by atoms with Crippen molar-refractivity contribution in [3.8, 4) is 11.5 Å². The Labute approximate surface area is 148 Å². The number of ether oxygens (including phenoxy) is 2. The van der Waals surface area contributed by atoms with Crippen molar-refractivity contribution in [2.45, 2.75) is 39.0 Å². The number of phenolic OH excluding ortho intramolecular Hbond substituents is 1. The van der Waals surface area contributed by atoms with Crippen molar-refractivity contribution in [2.24, 2.45) is 0 Å². The Morgan fingerprint density at radius 1 is 1.48 bits per heavy atom. The van der Waals surface area contributed by atoms with Crippen LogP contribution in [0.3, 0.4) is 0 Å². The van der Waals surface area contributed by atoms with E-state index in [9.17, 15) is 19.8 Å². The highest BCUT2D eigenvalue weighted by Gasteiger charge is 2.31. The van der Waals surface area contributed by atoms with Crippen LogP contribution in [-0.2, 0) is 22.6 Å². The second-order valence-corrected chi connectivity index (χ2v) is 7.33. The van der Waals surface area contributed by atoms with Gasteiger partial charge < -0.3 is 19.7 Å².